The van der Waals surface area contributed by atoms with Gasteiger partial charge in [-0.3, -0.25) is 0 Å². The van der Waals surface area contributed by atoms with Gasteiger partial charge in [-0.1, -0.05) is 212 Å². The summed E-state index contributed by atoms with van der Waals surface area (Å²) in [5, 5.41) is 12.8. The van der Waals surface area contributed by atoms with Gasteiger partial charge in [-0.2, -0.15) is 0 Å². The van der Waals surface area contributed by atoms with Gasteiger partial charge in [0, 0.05) is 43.7 Å². The highest BCUT2D eigenvalue weighted by molar-refractivity contribution is 7.20. The van der Waals surface area contributed by atoms with Gasteiger partial charge in [-0.25, -0.2) is 0 Å². The van der Waals surface area contributed by atoms with Crippen LogP contribution in [-0.4, -0.2) is 21.8 Å². The summed E-state index contributed by atoms with van der Waals surface area (Å²) < 4.78 is 7.56. The third-order valence-electron chi connectivity index (χ3n) is 14.8. The van der Waals surface area contributed by atoms with Crippen LogP contribution in [0.1, 0.15) is 0 Å². The van der Waals surface area contributed by atoms with Crippen LogP contribution in [0.4, 0.5) is 0 Å². The second kappa shape index (κ2) is 16.1. The van der Waals surface area contributed by atoms with E-state index < -0.39 is 8.07 Å². The van der Waals surface area contributed by atoms with Crippen LogP contribution in [0.25, 0.3) is 93.6 Å². The third kappa shape index (κ3) is 5.94. The predicted octanol–water partition coefficient (Wildman–Crippen LogP) is 14.0. The molecule has 0 fully saturated rings. The average Bonchev–Trinajstić information content (AvgIpc) is 4.08. The molecule has 0 saturated heterocycles. The van der Waals surface area contributed by atoms with Gasteiger partial charge in [0.1, 0.15) is 0 Å². The predicted molar refractivity (Wildman–Crippen MR) is 299 cm³/mol. The fourth-order valence-electron chi connectivity index (χ4n) is 11.9. The van der Waals surface area contributed by atoms with Crippen LogP contribution in [0.3, 0.4) is 0 Å². The highest BCUT2D eigenvalue weighted by Gasteiger charge is 2.43. The van der Waals surface area contributed by atoms with Crippen molar-refractivity contribution in [3.63, 3.8) is 0 Å². The second-order valence-corrected chi connectivity index (χ2v) is 22.2. The van der Waals surface area contributed by atoms with Crippen molar-refractivity contribution in [3.8, 4) is 28.2 Å². The van der Waals surface area contributed by atoms with Crippen LogP contribution in [0, 0.1) is 0 Å². The van der Waals surface area contributed by atoms with E-state index in [1.54, 1.807) is 0 Å². The Hall–Kier alpha value is -8.96. The number of benzene rings is 11. The normalized spacial score (nSPS) is 12.0. The van der Waals surface area contributed by atoms with E-state index in [9.17, 15) is 0 Å². The molecule has 3 nitrogen and oxygen atoms in total. The van der Waals surface area contributed by atoms with E-state index in [1.165, 1.54) is 86.3 Å². The molecule has 3 heterocycles. The molecule has 0 bridgehead atoms. The Kier molecular flexibility index (Phi) is 9.23. The molecule has 0 spiro atoms. The lowest BCUT2D eigenvalue weighted by atomic mass is 10.1. The quantitative estimate of drug-likeness (QED) is 0.107. The van der Waals surface area contributed by atoms with Crippen LogP contribution in [-0.2, 0) is 0 Å². The molecular weight excluding hydrogens is 863 g/mol. The zero-order chi connectivity index (χ0) is 46.2. The molecule has 0 aliphatic heterocycles. The molecule has 328 valence electrons. The van der Waals surface area contributed by atoms with E-state index in [4.69, 9.17) is 0 Å². The first-order valence-corrected chi connectivity index (χ1v) is 26.2. The average molecular weight is 908 g/mol. The molecular formula is C66H45N3Si. The van der Waals surface area contributed by atoms with Crippen molar-refractivity contribution in [2.24, 2.45) is 0 Å². The van der Waals surface area contributed by atoms with E-state index in [0.717, 1.165) is 28.1 Å². The minimum absolute atomic E-state index is 1.12. The first-order valence-electron chi connectivity index (χ1n) is 24.2. The Labute approximate surface area is 407 Å². The summed E-state index contributed by atoms with van der Waals surface area (Å²) in [6.07, 6.45) is 0. The Morgan fingerprint density at radius 3 is 1.30 bits per heavy atom. The summed E-state index contributed by atoms with van der Waals surface area (Å²) in [7, 11) is -3.03. The minimum Gasteiger partial charge on any atom is -0.309 e. The molecule has 14 aromatic rings. The number of hydrogen-bond donors (Lipinski definition) is 0. The third-order valence-corrected chi connectivity index (χ3v) is 19.6. The molecule has 3 aromatic heterocycles. The van der Waals surface area contributed by atoms with Crippen LogP contribution >= 0.6 is 0 Å². The van der Waals surface area contributed by atoms with Crippen molar-refractivity contribution < 1.29 is 0 Å². The summed E-state index contributed by atoms with van der Waals surface area (Å²) in [5.74, 6) is 0. The highest BCUT2D eigenvalue weighted by Crippen LogP contribution is 2.42. The van der Waals surface area contributed by atoms with Crippen molar-refractivity contribution in [2.75, 3.05) is 0 Å². The molecule has 4 heteroatoms. The number of nitrogens with zero attached hydrogens (tertiary/aromatic N) is 3. The first-order chi connectivity index (χ1) is 34.8. The van der Waals surface area contributed by atoms with Crippen molar-refractivity contribution in [3.05, 3.63) is 273 Å². The summed E-state index contributed by atoms with van der Waals surface area (Å²) in [6.45, 7) is 0. The Morgan fingerprint density at radius 1 is 0.257 bits per heavy atom. The van der Waals surface area contributed by atoms with Crippen molar-refractivity contribution in [2.45, 2.75) is 0 Å². The van der Waals surface area contributed by atoms with Crippen LogP contribution < -0.4 is 20.7 Å². The largest absolute Gasteiger partial charge is 0.309 e. The lowest BCUT2D eigenvalue weighted by Crippen LogP contribution is -2.75. The molecule has 11 aromatic carbocycles. The number of aromatic nitrogens is 3. The van der Waals surface area contributed by atoms with Crippen LogP contribution in [0.5, 0.6) is 0 Å². The first kappa shape index (κ1) is 40.1. The van der Waals surface area contributed by atoms with Gasteiger partial charge in [0.15, 0.2) is 8.07 Å². The van der Waals surface area contributed by atoms with E-state index in [0.29, 0.717) is 0 Å². The summed E-state index contributed by atoms with van der Waals surface area (Å²) >= 11 is 0. The Balaban J connectivity index is 1.14. The molecule has 0 aliphatic carbocycles. The minimum atomic E-state index is -3.03. The second-order valence-electron chi connectivity index (χ2n) is 18.4. The SMILES string of the molecule is c1ccc(-c2cccc(-n3c4ccc(-n5c6ccccc6c6ccccc65)cc4c4c(-n5c6ccccc6c6cccc([Si](c7ccccc7)(c7ccccc7)c7ccccc7)c65)cccc43)c2)cc1. The maximum atomic E-state index is 2.62. The van der Waals surface area contributed by atoms with Gasteiger partial charge in [0.25, 0.3) is 0 Å². The number of rotatable bonds is 8. The number of fused-ring (bicyclic) bond motifs is 9. The fraction of sp³-hybridized carbons (Fsp3) is 0. The lowest BCUT2D eigenvalue weighted by Gasteiger charge is -2.35. The monoisotopic (exact) mass is 907 g/mol. The molecule has 0 N–H and O–H groups in total. The number of para-hydroxylation sites is 4. The summed E-state index contributed by atoms with van der Waals surface area (Å²) in [5.41, 5.74) is 12.9. The van der Waals surface area contributed by atoms with E-state index in [1.807, 2.05) is 0 Å². The van der Waals surface area contributed by atoms with Gasteiger partial charge >= 0.3 is 0 Å². The standard InChI is InChI=1S/C66H45N3Si/c1-5-22-46(23-6-1)47-24-19-25-48(44-47)68-61-43-42-49(67-58-36-16-13-32-53(58)54-33-14-17-37-59(54)67)45-57(61)65-62(68)39-21-40-63(65)69-60-38-18-15-34-55(60)56-35-20-41-64(66(56)69)70(50-26-7-2-8-27-50,51-28-9-3-10-29-51)52-30-11-4-12-31-52/h1-45H. The maximum absolute atomic E-state index is 3.03. The molecule has 0 unspecified atom stereocenters. The molecule has 0 atom stereocenters. The van der Waals surface area contributed by atoms with Gasteiger partial charge in [0.2, 0.25) is 0 Å². The molecule has 0 amide bonds. The maximum Gasteiger partial charge on any atom is 0.181 e. The van der Waals surface area contributed by atoms with Crippen LogP contribution in [0.2, 0.25) is 0 Å². The van der Waals surface area contributed by atoms with Crippen molar-refractivity contribution in [1.82, 2.24) is 13.7 Å². The van der Waals surface area contributed by atoms with Crippen LogP contribution in [0.15, 0.2) is 273 Å². The van der Waals surface area contributed by atoms with Crippen molar-refractivity contribution in [1.29, 1.82) is 0 Å². The van der Waals surface area contributed by atoms with E-state index in [2.05, 4.69) is 287 Å². The molecule has 70 heavy (non-hydrogen) atoms. The van der Waals surface area contributed by atoms with E-state index >= 15 is 0 Å². The molecule has 14 rings (SSSR count). The lowest BCUT2D eigenvalue weighted by molar-refractivity contribution is 1.16. The zero-order valence-corrected chi connectivity index (χ0v) is 39.3. The Morgan fingerprint density at radius 2 is 0.686 bits per heavy atom. The Bertz CT molecular complexity index is 4130. The molecule has 0 radical (unpaired) electrons. The zero-order valence-electron chi connectivity index (χ0n) is 38.3. The van der Waals surface area contributed by atoms with Gasteiger partial charge in [0.05, 0.1) is 38.8 Å². The highest BCUT2D eigenvalue weighted by atomic mass is 28.3. The smallest absolute Gasteiger partial charge is 0.181 e. The van der Waals surface area contributed by atoms with Crippen molar-refractivity contribution >= 4 is 94.2 Å². The fourth-order valence-corrected chi connectivity index (χ4v) is 16.9. The topological polar surface area (TPSA) is 14.8 Å². The molecule has 0 saturated carbocycles. The van der Waals surface area contributed by atoms with Gasteiger partial charge in [-0.05, 0) is 92.5 Å². The van der Waals surface area contributed by atoms with Gasteiger partial charge in [-0.15, -0.1) is 0 Å². The van der Waals surface area contributed by atoms with Gasteiger partial charge < -0.3 is 13.7 Å². The summed E-state index contributed by atoms with van der Waals surface area (Å²) in [6, 6.07) is 102. The molecule has 0 aliphatic rings. The number of hydrogen-bond acceptors (Lipinski definition) is 0. The van der Waals surface area contributed by atoms with E-state index in [-0.39, 0.29) is 0 Å². The summed E-state index contributed by atoms with van der Waals surface area (Å²) in [4.78, 5) is 0.